The van der Waals surface area contributed by atoms with Crippen LogP contribution in [-0.4, -0.2) is 67.4 Å². The maximum atomic E-state index is 13.5. The fraction of sp³-hybridized carbons (Fsp3) is 0.250. The lowest BCUT2D eigenvalue weighted by molar-refractivity contribution is -0.144. The number of nitrogens with one attached hydrogen (secondary N) is 2. The average Bonchev–Trinajstić information content (AvgIpc) is 3.09. The number of carbonyl (C=O) groups excluding carboxylic acids is 2. The lowest BCUT2D eigenvalue weighted by atomic mass is 9.96. The monoisotopic (exact) mass is 670 g/mol. The summed E-state index contributed by atoms with van der Waals surface area (Å²) in [6.45, 7) is 2.17. The number of esters is 1. The van der Waals surface area contributed by atoms with Crippen molar-refractivity contribution in [2.24, 2.45) is 0 Å². The topological polar surface area (TPSA) is 108 Å². The largest absolute Gasteiger partial charge is 0.465 e. The van der Waals surface area contributed by atoms with E-state index in [0.717, 1.165) is 5.56 Å². The minimum atomic E-state index is -3.71. The Hall–Kier alpha value is -4.42. The highest BCUT2D eigenvalue weighted by Gasteiger charge is 2.32. The van der Waals surface area contributed by atoms with E-state index < -0.39 is 21.9 Å². The van der Waals surface area contributed by atoms with E-state index in [1.165, 1.54) is 27.6 Å². The Kier molecular flexibility index (Phi) is 11.9. The van der Waals surface area contributed by atoms with Crippen molar-refractivity contribution in [1.82, 2.24) is 14.5 Å². The standard InChI is InChI=1S/C36H38N4O5S2/c41-33(20-21-34(42)45-27-22-28-10-4-1-5-11-28)38-36(46)37-31-16-18-32(19-17-31)47(43,44)40-25-23-39(24-26-40)35(29-12-6-2-7-13-29)30-14-8-3-9-15-30/h1-19,35H,20-27H2,(H2,37,38,41,46). The molecule has 4 aromatic rings. The zero-order valence-electron chi connectivity index (χ0n) is 26.0. The van der Waals surface area contributed by atoms with E-state index in [9.17, 15) is 18.0 Å². The van der Waals surface area contributed by atoms with Crippen molar-refractivity contribution in [3.63, 3.8) is 0 Å². The molecule has 11 heteroatoms. The highest BCUT2D eigenvalue weighted by atomic mass is 32.2. The molecular weight excluding hydrogens is 633 g/mol. The van der Waals surface area contributed by atoms with Crippen LogP contribution in [0.2, 0.25) is 0 Å². The van der Waals surface area contributed by atoms with Crippen LogP contribution < -0.4 is 10.6 Å². The number of piperazine rings is 1. The third-order valence-electron chi connectivity index (χ3n) is 7.92. The van der Waals surface area contributed by atoms with E-state index in [1.807, 2.05) is 66.7 Å². The molecule has 0 bridgehead atoms. The highest BCUT2D eigenvalue weighted by Crippen LogP contribution is 2.30. The van der Waals surface area contributed by atoms with Gasteiger partial charge in [0, 0.05) is 44.7 Å². The number of rotatable bonds is 12. The van der Waals surface area contributed by atoms with Gasteiger partial charge in [-0.25, -0.2) is 8.42 Å². The molecule has 0 saturated carbocycles. The van der Waals surface area contributed by atoms with Gasteiger partial charge in [-0.2, -0.15) is 4.31 Å². The van der Waals surface area contributed by atoms with Gasteiger partial charge in [0.1, 0.15) is 0 Å². The van der Waals surface area contributed by atoms with Crippen LogP contribution in [0.3, 0.4) is 0 Å². The molecule has 0 spiro atoms. The summed E-state index contributed by atoms with van der Waals surface area (Å²) in [6.07, 6.45) is 0.463. The van der Waals surface area contributed by atoms with Gasteiger partial charge in [-0.1, -0.05) is 91.0 Å². The minimum Gasteiger partial charge on any atom is -0.465 e. The Bertz CT molecular complexity index is 1690. The molecule has 5 rings (SSSR count). The maximum absolute atomic E-state index is 13.5. The predicted molar refractivity (Wildman–Crippen MR) is 186 cm³/mol. The molecule has 0 aliphatic carbocycles. The Morgan fingerprint density at radius 2 is 1.30 bits per heavy atom. The summed E-state index contributed by atoms with van der Waals surface area (Å²) in [6, 6.07) is 36.5. The molecule has 4 aromatic carbocycles. The summed E-state index contributed by atoms with van der Waals surface area (Å²) in [7, 11) is -3.71. The average molecular weight is 671 g/mol. The number of carbonyl (C=O) groups is 2. The number of sulfonamides is 1. The summed E-state index contributed by atoms with van der Waals surface area (Å²) in [4.78, 5) is 26.8. The lowest BCUT2D eigenvalue weighted by Gasteiger charge is -2.39. The van der Waals surface area contributed by atoms with Gasteiger partial charge in [0.25, 0.3) is 0 Å². The number of amides is 1. The molecule has 0 unspecified atom stereocenters. The predicted octanol–water partition coefficient (Wildman–Crippen LogP) is 5.16. The molecule has 0 radical (unpaired) electrons. The first kappa shape index (κ1) is 33.9. The number of ether oxygens (including phenoxy) is 1. The van der Waals surface area contributed by atoms with Crippen molar-refractivity contribution >= 4 is 44.9 Å². The van der Waals surface area contributed by atoms with Crippen LogP contribution in [0.4, 0.5) is 5.69 Å². The molecule has 1 amide bonds. The fourth-order valence-electron chi connectivity index (χ4n) is 5.51. The van der Waals surface area contributed by atoms with Gasteiger partial charge in [-0.05, 0) is 53.2 Å². The molecule has 1 fully saturated rings. The van der Waals surface area contributed by atoms with Crippen molar-refractivity contribution in [3.8, 4) is 0 Å². The van der Waals surface area contributed by atoms with E-state index in [2.05, 4.69) is 39.8 Å². The van der Waals surface area contributed by atoms with Crippen molar-refractivity contribution in [1.29, 1.82) is 0 Å². The summed E-state index contributed by atoms with van der Waals surface area (Å²) in [5.74, 6) is -0.886. The zero-order chi connectivity index (χ0) is 33.1. The Morgan fingerprint density at radius 3 is 1.87 bits per heavy atom. The molecule has 1 aliphatic rings. The first-order valence-electron chi connectivity index (χ1n) is 15.5. The molecule has 1 aliphatic heterocycles. The van der Waals surface area contributed by atoms with Crippen LogP contribution >= 0.6 is 12.2 Å². The van der Waals surface area contributed by atoms with Crippen LogP contribution in [0, 0.1) is 0 Å². The van der Waals surface area contributed by atoms with E-state index in [-0.39, 0.29) is 35.5 Å². The number of nitrogens with zero attached hydrogens (tertiary/aromatic N) is 2. The number of anilines is 1. The van der Waals surface area contributed by atoms with Crippen LogP contribution in [0.5, 0.6) is 0 Å². The van der Waals surface area contributed by atoms with Gasteiger partial charge >= 0.3 is 5.97 Å². The van der Waals surface area contributed by atoms with Gasteiger partial charge in [0.2, 0.25) is 15.9 Å². The van der Waals surface area contributed by atoms with Crippen molar-refractivity contribution < 1.29 is 22.7 Å². The van der Waals surface area contributed by atoms with E-state index in [1.54, 1.807) is 12.1 Å². The van der Waals surface area contributed by atoms with Gasteiger partial charge in [0.05, 0.1) is 24.0 Å². The Morgan fingerprint density at radius 1 is 0.745 bits per heavy atom. The van der Waals surface area contributed by atoms with Gasteiger partial charge in [-0.3, -0.25) is 14.5 Å². The first-order chi connectivity index (χ1) is 22.8. The lowest BCUT2D eigenvalue weighted by Crippen LogP contribution is -2.49. The Labute approximate surface area is 281 Å². The SMILES string of the molecule is O=C(CCC(=O)OCCc1ccccc1)NC(=S)Nc1ccc(S(=O)(=O)N2CCN(C(c3ccccc3)c3ccccc3)CC2)cc1. The highest BCUT2D eigenvalue weighted by molar-refractivity contribution is 7.89. The maximum Gasteiger partial charge on any atom is 0.306 e. The van der Waals surface area contributed by atoms with Crippen LogP contribution in [0.25, 0.3) is 0 Å². The molecule has 1 heterocycles. The van der Waals surface area contributed by atoms with E-state index >= 15 is 0 Å². The zero-order valence-corrected chi connectivity index (χ0v) is 27.6. The second-order valence-corrected chi connectivity index (χ2v) is 13.5. The van der Waals surface area contributed by atoms with Crippen molar-refractivity contribution in [3.05, 3.63) is 132 Å². The summed E-state index contributed by atoms with van der Waals surface area (Å²) < 4.78 is 33.8. The van der Waals surface area contributed by atoms with Crippen LogP contribution in [0.1, 0.15) is 35.6 Å². The minimum absolute atomic E-state index is 0.0377. The second-order valence-electron chi connectivity index (χ2n) is 11.1. The van der Waals surface area contributed by atoms with Gasteiger partial charge in [-0.15, -0.1) is 0 Å². The summed E-state index contributed by atoms with van der Waals surface area (Å²) >= 11 is 5.24. The van der Waals surface area contributed by atoms with E-state index in [0.29, 0.717) is 38.3 Å². The molecule has 2 N–H and O–H groups in total. The molecule has 9 nitrogen and oxygen atoms in total. The molecular formula is C36H38N4O5S2. The van der Waals surface area contributed by atoms with Gasteiger partial charge in [0.15, 0.2) is 5.11 Å². The Balaban J connectivity index is 1.08. The summed E-state index contributed by atoms with van der Waals surface area (Å²) in [5, 5.41) is 5.48. The van der Waals surface area contributed by atoms with Crippen molar-refractivity contribution in [2.45, 2.75) is 30.2 Å². The smallest absolute Gasteiger partial charge is 0.306 e. The fourth-order valence-corrected chi connectivity index (χ4v) is 7.17. The molecule has 47 heavy (non-hydrogen) atoms. The van der Waals surface area contributed by atoms with Crippen molar-refractivity contribution in [2.75, 3.05) is 38.1 Å². The third-order valence-corrected chi connectivity index (χ3v) is 10.0. The molecule has 0 atom stereocenters. The number of hydrogen-bond donors (Lipinski definition) is 2. The quantitative estimate of drug-likeness (QED) is 0.157. The summed E-state index contributed by atoms with van der Waals surface area (Å²) in [5.41, 5.74) is 3.93. The molecule has 0 aromatic heterocycles. The number of thiocarbonyl (C=S) groups is 1. The third kappa shape index (κ3) is 9.55. The molecule has 244 valence electrons. The number of hydrogen-bond acceptors (Lipinski definition) is 7. The second kappa shape index (κ2) is 16.4. The first-order valence-corrected chi connectivity index (χ1v) is 17.4. The normalized spacial score (nSPS) is 14.0. The van der Waals surface area contributed by atoms with Gasteiger partial charge < -0.3 is 15.4 Å². The van der Waals surface area contributed by atoms with Crippen LogP contribution in [0.15, 0.2) is 120 Å². The van der Waals surface area contributed by atoms with Crippen LogP contribution in [-0.2, 0) is 30.8 Å². The number of benzene rings is 4. The van der Waals surface area contributed by atoms with E-state index in [4.69, 9.17) is 17.0 Å². The molecule has 1 saturated heterocycles.